The number of ether oxygens (including phenoxy) is 1. The van der Waals surface area contributed by atoms with E-state index in [1.165, 1.54) is 10.4 Å². The van der Waals surface area contributed by atoms with E-state index in [1.807, 2.05) is 0 Å². The third-order valence-corrected chi connectivity index (χ3v) is 5.63. The molecule has 1 N–H and O–H groups in total. The van der Waals surface area contributed by atoms with Crippen LogP contribution in [0, 0.1) is 0 Å². The number of benzene rings is 1. The number of morpholine rings is 1. The molecule has 0 aliphatic carbocycles. The third kappa shape index (κ3) is 5.02. The van der Waals surface area contributed by atoms with E-state index >= 15 is 0 Å². The summed E-state index contributed by atoms with van der Waals surface area (Å²) in [6, 6.07) is 6.42. The Morgan fingerprint density at radius 1 is 1.26 bits per heavy atom. The van der Waals surface area contributed by atoms with E-state index in [9.17, 15) is 13.2 Å². The minimum Gasteiger partial charge on any atom is -0.379 e. The van der Waals surface area contributed by atoms with Crippen molar-refractivity contribution in [1.29, 1.82) is 0 Å². The van der Waals surface area contributed by atoms with Gasteiger partial charge in [0.05, 0.1) is 18.1 Å². The van der Waals surface area contributed by atoms with Gasteiger partial charge < -0.3 is 10.1 Å². The van der Waals surface area contributed by atoms with Crippen LogP contribution in [-0.4, -0.2) is 44.9 Å². The summed E-state index contributed by atoms with van der Waals surface area (Å²) in [5, 5.41) is 2.77. The molecular formula is C16H24N2O4S. The molecule has 6 nitrogen and oxygen atoms in total. The maximum absolute atomic E-state index is 12.6. The molecule has 1 heterocycles. The fourth-order valence-electron chi connectivity index (χ4n) is 2.43. The summed E-state index contributed by atoms with van der Waals surface area (Å²) < 4.78 is 31.8. The number of nitrogens with one attached hydrogen (secondary N) is 1. The number of unbranched alkanes of at least 4 members (excludes halogenated alkanes) is 2. The molecule has 0 radical (unpaired) electrons. The fourth-order valence-corrected chi connectivity index (χ4v) is 3.88. The lowest BCUT2D eigenvalue weighted by atomic mass is 10.2. The Morgan fingerprint density at radius 3 is 2.70 bits per heavy atom. The van der Waals surface area contributed by atoms with Crippen molar-refractivity contribution in [3.05, 3.63) is 24.3 Å². The highest BCUT2D eigenvalue weighted by atomic mass is 32.2. The van der Waals surface area contributed by atoms with Crippen LogP contribution in [0.5, 0.6) is 0 Å². The Morgan fingerprint density at radius 2 is 2.00 bits per heavy atom. The lowest BCUT2D eigenvalue weighted by Gasteiger charge is -2.26. The summed E-state index contributed by atoms with van der Waals surface area (Å²) in [5.41, 5.74) is 0.515. The summed E-state index contributed by atoms with van der Waals surface area (Å²) in [6.45, 7) is 3.61. The molecule has 2 rings (SSSR count). The van der Waals surface area contributed by atoms with E-state index in [1.54, 1.807) is 18.2 Å². The van der Waals surface area contributed by atoms with E-state index in [0.29, 0.717) is 38.4 Å². The number of carbonyl (C=O) groups excluding carboxylic acids is 1. The Kier molecular flexibility index (Phi) is 6.56. The summed E-state index contributed by atoms with van der Waals surface area (Å²) in [6.07, 6.45) is 3.36. The molecule has 1 aliphatic heterocycles. The van der Waals surface area contributed by atoms with Gasteiger partial charge in [0.1, 0.15) is 0 Å². The van der Waals surface area contributed by atoms with Crippen LogP contribution in [0.15, 0.2) is 29.2 Å². The van der Waals surface area contributed by atoms with Gasteiger partial charge in [-0.1, -0.05) is 25.8 Å². The largest absolute Gasteiger partial charge is 0.379 e. The van der Waals surface area contributed by atoms with Crippen LogP contribution in [-0.2, 0) is 19.6 Å². The highest BCUT2D eigenvalue weighted by molar-refractivity contribution is 7.89. The van der Waals surface area contributed by atoms with Gasteiger partial charge in [-0.05, 0) is 24.6 Å². The van der Waals surface area contributed by atoms with E-state index < -0.39 is 10.0 Å². The molecule has 1 fully saturated rings. The minimum atomic E-state index is -3.54. The second kappa shape index (κ2) is 8.42. The van der Waals surface area contributed by atoms with E-state index in [0.717, 1.165) is 19.3 Å². The van der Waals surface area contributed by atoms with Gasteiger partial charge in [0, 0.05) is 25.2 Å². The van der Waals surface area contributed by atoms with E-state index in [2.05, 4.69) is 12.2 Å². The highest BCUT2D eigenvalue weighted by Gasteiger charge is 2.26. The summed E-state index contributed by atoms with van der Waals surface area (Å²) >= 11 is 0. The normalized spacial score (nSPS) is 16.2. The fraction of sp³-hybridized carbons (Fsp3) is 0.562. The summed E-state index contributed by atoms with van der Waals surface area (Å²) in [5.74, 6) is -0.0839. The second-order valence-corrected chi connectivity index (χ2v) is 7.49. The van der Waals surface area contributed by atoms with Gasteiger partial charge in [0.25, 0.3) is 0 Å². The van der Waals surface area contributed by atoms with Crippen LogP contribution in [0.4, 0.5) is 5.69 Å². The topological polar surface area (TPSA) is 75.7 Å². The summed E-state index contributed by atoms with van der Waals surface area (Å²) in [7, 11) is -3.54. The molecule has 1 saturated heterocycles. The Bertz CT molecular complexity index is 625. The standard InChI is InChI=1S/C16H24N2O4S/c1-2-3-4-8-16(19)17-14-6-5-7-15(13-14)23(20,21)18-9-11-22-12-10-18/h5-7,13H,2-4,8-12H2,1H3,(H,17,19). The molecule has 0 aromatic heterocycles. The Hall–Kier alpha value is -1.44. The molecule has 0 atom stereocenters. The first-order valence-electron chi connectivity index (χ1n) is 8.02. The molecule has 1 amide bonds. The predicted molar refractivity (Wildman–Crippen MR) is 88.8 cm³/mol. The number of hydrogen-bond donors (Lipinski definition) is 1. The average molecular weight is 340 g/mol. The molecule has 0 bridgehead atoms. The zero-order valence-electron chi connectivity index (χ0n) is 13.5. The first-order valence-corrected chi connectivity index (χ1v) is 9.46. The third-order valence-electron chi connectivity index (χ3n) is 3.73. The number of hydrogen-bond acceptors (Lipinski definition) is 4. The van der Waals surface area contributed by atoms with Crippen LogP contribution in [0.1, 0.15) is 32.6 Å². The van der Waals surface area contributed by atoms with Crippen LogP contribution >= 0.6 is 0 Å². The lowest BCUT2D eigenvalue weighted by molar-refractivity contribution is -0.116. The highest BCUT2D eigenvalue weighted by Crippen LogP contribution is 2.20. The van der Waals surface area contributed by atoms with Crippen LogP contribution in [0.25, 0.3) is 0 Å². The number of anilines is 1. The van der Waals surface area contributed by atoms with E-state index in [4.69, 9.17) is 4.74 Å². The number of nitrogens with zero attached hydrogens (tertiary/aromatic N) is 1. The molecule has 0 spiro atoms. The molecule has 23 heavy (non-hydrogen) atoms. The molecule has 1 aromatic carbocycles. The van der Waals surface area contributed by atoms with Crippen molar-refractivity contribution in [2.24, 2.45) is 0 Å². The second-order valence-electron chi connectivity index (χ2n) is 5.55. The van der Waals surface area contributed by atoms with Crippen LogP contribution in [0.3, 0.4) is 0 Å². The first kappa shape index (κ1) is 17.9. The molecule has 1 aromatic rings. The number of carbonyl (C=O) groups is 1. The Labute approximate surface area is 137 Å². The van der Waals surface area contributed by atoms with Gasteiger partial charge in [-0.25, -0.2) is 8.42 Å². The van der Waals surface area contributed by atoms with Gasteiger partial charge >= 0.3 is 0 Å². The average Bonchev–Trinajstić information content (AvgIpc) is 2.56. The van der Waals surface area contributed by atoms with Crippen LogP contribution < -0.4 is 5.32 Å². The zero-order valence-corrected chi connectivity index (χ0v) is 14.3. The zero-order chi connectivity index (χ0) is 16.7. The van der Waals surface area contributed by atoms with Gasteiger partial charge in [-0.15, -0.1) is 0 Å². The number of rotatable bonds is 7. The van der Waals surface area contributed by atoms with Crippen molar-refractivity contribution in [2.75, 3.05) is 31.6 Å². The monoisotopic (exact) mass is 340 g/mol. The summed E-state index contributed by atoms with van der Waals surface area (Å²) in [4.78, 5) is 12.1. The van der Waals surface area contributed by atoms with Crippen LogP contribution in [0.2, 0.25) is 0 Å². The quantitative estimate of drug-likeness (QED) is 0.772. The molecule has 0 unspecified atom stereocenters. The molecule has 7 heteroatoms. The SMILES string of the molecule is CCCCCC(=O)Nc1cccc(S(=O)(=O)N2CCOCC2)c1. The smallest absolute Gasteiger partial charge is 0.243 e. The lowest BCUT2D eigenvalue weighted by Crippen LogP contribution is -2.40. The van der Waals surface area contributed by atoms with E-state index in [-0.39, 0.29) is 10.8 Å². The molecule has 0 saturated carbocycles. The minimum absolute atomic E-state index is 0.0839. The van der Waals surface area contributed by atoms with Crippen molar-refractivity contribution >= 4 is 21.6 Å². The molecule has 1 aliphatic rings. The van der Waals surface area contributed by atoms with Crippen molar-refractivity contribution < 1.29 is 17.9 Å². The Balaban J connectivity index is 2.05. The van der Waals surface area contributed by atoms with Gasteiger partial charge in [0.15, 0.2) is 0 Å². The maximum Gasteiger partial charge on any atom is 0.243 e. The molecular weight excluding hydrogens is 316 g/mol. The number of sulfonamides is 1. The number of amides is 1. The van der Waals surface area contributed by atoms with Crippen molar-refractivity contribution in [1.82, 2.24) is 4.31 Å². The molecule has 128 valence electrons. The van der Waals surface area contributed by atoms with Crippen molar-refractivity contribution in [3.8, 4) is 0 Å². The van der Waals surface area contributed by atoms with Gasteiger partial charge in [-0.2, -0.15) is 4.31 Å². The first-order chi connectivity index (χ1) is 11.0. The van der Waals surface area contributed by atoms with Crippen molar-refractivity contribution in [2.45, 2.75) is 37.5 Å². The van der Waals surface area contributed by atoms with Gasteiger partial charge in [-0.3, -0.25) is 4.79 Å². The van der Waals surface area contributed by atoms with Crippen molar-refractivity contribution in [3.63, 3.8) is 0 Å². The predicted octanol–water partition coefficient (Wildman–Crippen LogP) is 2.23. The maximum atomic E-state index is 12.6. The van der Waals surface area contributed by atoms with Gasteiger partial charge in [0.2, 0.25) is 15.9 Å².